The van der Waals surface area contributed by atoms with Crippen LogP contribution in [0, 0.1) is 11.3 Å². The van der Waals surface area contributed by atoms with Crippen LogP contribution >= 0.6 is 0 Å². The zero-order chi connectivity index (χ0) is 23.6. The first kappa shape index (κ1) is 23.1. The Morgan fingerprint density at radius 3 is 2.58 bits per heavy atom. The number of halogens is 3. The Hall–Kier alpha value is -3.05. The van der Waals surface area contributed by atoms with Gasteiger partial charge in [0, 0.05) is 42.6 Å². The number of allylic oxidation sites excluding steroid dienone is 2. The predicted molar refractivity (Wildman–Crippen MR) is 123 cm³/mol. The number of nitrogens with zero attached hydrogens (tertiary/aromatic N) is 4. The Morgan fingerprint density at radius 2 is 1.94 bits per heavy atom. The van der Waals surface area contributed by atoms with E-state index in [1.807, 2.05) is 19.1 Å². The minimum atomic E-state index is -4.36. The van der Waals surface area contributed by atoms with E-state index in [1.165, 1.54) is 12.3 Å². The molecule has 2 N–H and O–H groups in total. The van der Waals surface area contributed by atoms with E-state index in [2.05, 4.69) is 20.9 Å². The maximum Gasteiger partial charge on any atom is 0.416 e. The van der Waals surface area contributed by atoms with Gasteiger partial charge in [-0.1, -0.05) is 6.08 Å². The van der Waals surface area contributed by atoms with Crippen LogP contribution in [0.25, 0.3) is 5.57 Å². The van der Waals surface area contributed by atoms with Gasteiger partial charge in [0.05, 0.1) is 17.2 Å². The molecule has 0 radical (unpaired) electrons. The number of benzene rings is 1. The molecule has 2 aliphatic heterocycles. The second kappa shape index (κ2) is 9.44. The van der Waals surface area contributed by atoms with E-state index in [1.54, 1.807) is 12.1 Å². The molecule has 5 nitrogen and oxygen atoms in total. The van der Waals surface area contributed by atoms with E-state index in [0.29, 0.717) is 17.1 Å². The Kier molecular flexibility index (Phi) is 6.61. The topological polar surface area (TPSA) is 69.2 Å². The van der Waals surface area contributed by atoms with Crippen molar-refractivity contribution in [2.75, 3.05) is 30.3 Å². The molecule has 2 saturated heterocycles. The number of alkyl halides is 3. The number of nitrogen functional groups attached to an aromatic ring is 1. The van der Waals surface area contributed by atoms with Gasteiger partial charge >= 0.3 is 6.18 Å². The Bertz CT molecular complexity index is 1060. The summed E-state index contributed by atoms with van der Waals surface area (Å²) in [6.45, 7) is 4.54. The van der Waals surface area contributed by atoms with Crippen molar-refractivity contribution in [3.63, 3.8) is 0 Å². The SMILES string of the molecule is C/C=C(/CCCN1CC2CCC(C1)N2c1cc(C(F)(F)F)ccn1)c1cc(C#N)ccc1N. The number of hydrogen-bond acceptors (Lipinski definition) is 5. The largest absolute Gasteiger partial charge is 0.416 e. The number of nitriles is 1. The summed E-state index contributed by atoms with van der Waals surface area (Å²) in [6, 6.07) is 10.1. The normalized spacial score (nSPS) is 21.3. The zero-order valence-electron chi connectivity index (χ0n) is 18.6. The number of fused-ring (bicyclic) bond motifs is 2. The molecular formula is C25H28F3N5. The van der Waals surface area contributed by atoms with Crippen molar-refractivity contribution >= 4 is 17.1 Å². The molecule has 0 spiro atoms. The van der Waals surface area contributed by atoms with Crippen LogP contribution in [0.1, 0.15) is 49.3 Å². The molecule has 174 valence electrons. The van der Waals surface area contributed by atoms with Crippen LogP contribution in [0.3, 0.4) is 0 Å². The molecule has 4 rings (SSSR count). The molecule has 0 aliphatic carbocycles. The smallest absolute Gasteiger partial charge is 0.398 e. The lowest BCUT2D eigenvalue weighted by molar-refractivity contribution is -0.137. The van der Waals surface area contributed by atoms with E-state index in [0.717, 1.165) is 62.5 Å². The number of rotatable bonds is 6. The van der Waals surface area contributed by atoms with Crippen LogP contribution in [0.15, 0.2) is 42.6 Å². The molecule has 2 fully saturated rings. The third-order valence-electron chi connectivity index (χ3n) is 6.69. The summed E-state index contributed by atoms with van der Waals surface area (Å²) in [5.41, 5.74) is 8.80. The summed E-state index contributed by atoms with van der Waals surface area (Å²) >= 11 is 0. The number of pyridine rings is 1. The highest BCUT2D eigenvalue weighted by molar-refractivity contribution is 5.76. The summed E-state index contributed by atoms with van der Waals surface area (Å²) in [6.07, 6.45) is 2.67. The van der Waals surface area contributed by atoms with E-state index >= 15 is 0 Å². The molecule has 0 saturated carbocycles. The Morgan fingerprint density at radius 1 is 1.21 bits per heavy atom. The zero-order valence-corrected chi connectivity index (χ0v) is 18.6. The summed E-state index contributed by atoms with van der Waals surface area (Å²) < 4.78 is 39.4. The molecule has 33 heavy (non-hydrogen) atoms. The van der Waals surface area contributed by atoms with Gasteiger partial charge in [0.1, 0.15) is 5.82 Å². The fourth-order valence-electron chi connectivity index (χ4n) is 5.11. The number of piperazine rings is 1. The molecule has 1 aromatic carbocycles. The van der Waals surface area contributed by atoms with Crippen molar-refractivity contribution in [3.8, 4) is 6.07 Å². The van der Waals surface area contributed by atoms with Crippen LogP contribution in [-0.4, -0.2) is 41.6 Å². The third kappa shape index (κ3) is 4.98. The third-order valence-corrected chi connectivity index (χ3v) is 6.69. The summed E-state index contributed by atoms with van der Waals surface area (Å²) in [5, 5.41) is 9.19. The van der Waals surface area contributed by atoms with Crippen LogP contribution in [0.5, 0.6) is 0 Å². The highest BCUT2D eigenvalue weighted by atomic mass is 19.4. The van der Waals surface area contributed by atoms with Gasteiger partial charge in [0.25, 0.3) is 0 Å². The average Bonchev–Trinajstić information content (AvgIpc) is 3.07. The molecule has 2 bridgehead atoms. The molecule has 2 unspecified atom stereocenters. The van der Waals surface area contributed by atoms with E-state index in [4.69, 9.17) is 5.73 Å². The van der Waals surface area contributed by atoms with Crippen molar-refractivity contribution in [2.24, 2.45) is 0 Å². The quantitative estimate of drug-likeness (QED) is 0.615. The first-order valence-electron chi connectivity index (χ1n) is 11.3. The van der Waals surface area contributed by atoms with Gasteiger partial charge in [-0.15, -0.1) is 0 Å². The Balaban J connectivity index is 1.37. The summed E-state index contributed by atoms with van der Waals surface area (Å²) in [4.78, 5) is 8.77. The van der Waals surface area contributed by atoms with Crippen LogP contribution < -0.4 is 10.6 Å². The molecule has 2 atom stereocenters. The first-order valence-corrected chi connectivity index (χ1v) is 11.3. The second-order valence-corrected chi connectivity index (χ2v) is 8.78. The fourth-order valence-corrected chi connectivity index (χ4v) is 5.11. The highest BCUT2D eigenvalue weighted by Crippen LogP contribution is 2.37. The molecule has 8 heteroatoms. The van der Waals surface area contributed by atoms with Crippen molar-refractivity contribution in [3.05, 3.63) is 59.3 Å². The molecule has 3 heterocycles. The minimum absolute atomic E-state index is 0.184. The number of anilines is 2. The lowest BCUT2D eigenvalue weighted by Crippen LogP contribution is -2.54. The first-order chi connectivity index (χ1) is 15.8. The van der Waals surface area contributed by atoms with Gasteiger partial charge in [-0.2, -0.15) is 18.4 Å². The van der Waals surface area contributed by atoms with Crippen molar-refractivity contribution in [2.45, 2.75) is 50.9 Å². The van der Waals surface area contributed by atoms with Gasteiger partial charge in [0.15, 0.2) is 0 Å². The number of hydrogen-bond donors (Lipinski definition) is 1. The second-order valence-electron chi connectivity index (χ2n) is 8.78. The van der Waals surface area contributed by atoms with Gasteiger partial charge in [-0.3, -0.25) is 4.90 Å². The summed E-state index contributed by atoms with van der Waals surface area (Å²) in [7, 11) is 0. The van der Waals surface area contributed by atoms with Gasteiger partial charge < -0.3 is 10.6 Å². The van der Waals surface area contributed by atoms with Crippen molar-refractivity contribution in [1.29, 1.82) is 5.26 Å². The molecule has 2 aromatic rings. The van der Waals surface area contributed by atoms with E-state index in [9.17, 15) is 18.4 Å². The minimum Gasteiger partial charge on any atom is -0.398 e. The lowest BCUT2D eigenvalue weighted by atomic mass is 9.97. The molecule has 1 aromatic heterocycles. The van der Waals surface area contributed by atoms with Crippen LogP contribution in [0.2, 0.25) is 0 Å². The van der Waals surface area contributed by atoms with Crippen molar-refractivity contribution < 1.29 is 13.2 Å². The highest BCUT2D eigenvalue weighted by Gasteiger charge is 2.41. The van der Waals surface area contributed by atoms with Crippen LogP contribution in [-0.2, 0) is 6.18 Å². The maximum atomic E-state index is 13.1. The predicted octanol–water partition coefficient (Wildman–Crippen LogP) is 5.09. The van der Waals surface area contributed by atoms with Gasteiger partial charge in [0.2, 0.25) is 0 Å². The lowest BCUT2D eigenvalue weighted by Gasteiger charge is -2.42. The number of nitrogens with two attached hydrogens (primary N) is 1. The van der Waals surface area contributed by atoms with Gasteiger partial charge in [-0.05, 0) is 75.1 Å². The maximum absolute atomic E-state index is 13.1. The Labute approximate surface area is 192 Å². The average molecular weight is 456 g/mol. The molecular weight excluding hydrogens is 427 g/mol. The van der Waals surface area contributed by atoms with Crippen LogP contribution in [0.4, 0.5) is 24.7 Å². The number of aromatic nitrogens is 1. The monoisotopic (exact) mass is 455 g/mol. The van der Waals surface area contributed by atoms with E-state index in [-0.39, 0.29) is 12.1 Å². The van der Waals surface area contributed by atoms with Gasteiger partial charge in [-0.25, -0.2) is 4.98 Å². The summed E-state index contributed by atoms with van der Waals surface area (Å²) in [5.74, 6) is 0.432. The number of likely N-dealkylation sites (tertiary alicyclic amines) is 1. The van der Waals surface area contributed by atoms with E-state index < -0.39 is 11.7 Å². The van der Waals surface area contributed by atoms with Crippen molar-refractivity contribution in [1.82, 2.24) is 9.88 Å². The fraction of sp³-hybridized carbons (Fsp3) is 0.440. The standard InChI is InChI=1S/C25H28F3N5/c1-2-18(22-12-17(14-29)5-8-23(22)30)4-3-11-32-15-20-6-7-21(16-32)33(20)24-13-19(9-10-31-24)25(26,27)28/h2,5,8-10,12-13,20-21H,3-4,6-7,11,15-16,30H2,1H3/b18-2-. The molecule has 2 aliphatic rings. The molecule has 0 amide bonds.